The monoisotopic (exact) mass is 278 g/mol. The Kier molecular flexibility index (Phi) is 2.78. The van der Waals surface area contributed by atoms with Gasteiger partial charge in [-0.2, -0.15) is 5.10 Å². The molecule has 0 amide bonds. The van der Waals surface area contributed by atoms with E-state index in [-0.39, 0.29) is 10.6 Å². The van der Waals surface area contributed by atoms with E-state index in [0.29, 0.717) is 11.5 Å². The summed E-state index contributed by atoms with van der Waals surface area (Å²) in [5, 5.41) is 17.5. The van der Waals surface area contributed by atoms with Crippen molar-refractivity contribution in [1.29, 1.82) is 0 Å². The molecule has 7 heteroatoms. The first-order chi connectivity index (χ1) is 9.08. The maximum absolute atomic E-state index is 11.2. The molecule has 19 heavy (non-hydrogen) atoms. The van der Waals surface area contributed by atoms with Crippen molar-refractivity contribution in [2.24, 2.45) is 7.05 Å². The fourth-order valence-electron chi connectivity index (χ4n) is 2.63. The topological polar surface area (TPSA) is 64.2 Å². The number of fused-ring (bicyclic) bond motifs is 1. The SMILES string of the molecule is Cc1nn(C)c(N2CCc3sccc3C2)c1[N+](=O)[O-]. The quantitative estimate of drug-likeness (QED) is 0.624. The first-order valence-corrected chi connectivity index (χ1v) is 6.94. The van der Waals surface area contributed by atoms with Crippen molar-refractivity contribution in [3.05, 3.63) is 37.7 Å². The van der Waals surface area contributed by atoms with Gasteiger partial charge in [0.2, 0.25) is 5.82 Å². The number of thiophene rings is 1. The van der Waals surface area contributed by atoms with Crippen molar-refractivity contribution in [3.8, 4) is 0 Å². The predicted octanol–water partition coefficient (Wildman–Crippen LogP) is 2.26. The lowest BCUT2D eigenvalue weighted by molar-refractivity contribution is -0.384. The van der Waals surface area contributed by atoms with Crippen LogP contribution in [-0.2, 0) is 20.0 Å². The Morgan fingerprint density at radius 2 is 2.32 bits per heavy atom. The average Bonchev–Trinajstić information content (AvgIpc) is 2.91. The molecule has 6 nitrogen and oxygen atoms in total. The van der Waals surface area contributed by atoms with Crippen molar-refractivity contribution in [2.75, 3.05) is 11.4 Å². The second kappa shape index (κ2) is 4.34. The van der Waals surface area contributed by atoms with E-state index in [1.165, 1.54) is 10.4 Å². The Morgan fingerprint density at radius 1 is 1.53 bits per heavy atom. The first kappa shape index (κ1) is 12.2. The minimum atomic E-state index is -0.333. The molecule has 100 valence electrons. The van der Waals surface area contributed by atoms with Gasteiger partial charge in [0.15, 0.2) is 0 Å². The van der Waals surface area contributed by atoms with Crippen LogP contribution < -0.4 is 4.90 Å². The molecule has 3 heterocycles. The molecule has 2 aromatic heterocycles. The molecule has 0 aromatic carbocycles. The van der Waals surface area contributed by atoms with Crippen LogP contribution in [0.25, 0.3) is 0 Å². The van der Waals surface area contributed by atoms with Gasteiger partial charge in [0.1, 0.15) is 5.69 Å². The number of anilines is 1. The van der Waals surface area contributed by atoms with Gasteiger partial charge >= 0.3 is 5.69 Å². The molecule has 0 bridgehead atoms. The lowest BCUT2D eigenvalue weighted by atomic mass is 10.1. The van der Waals surface area contributed by atoms with Crippen LogP contribution in [0.5, 0.6) is 0 Å². The third-order valence-corrected chi connectivity index (χ3v) is 4.47. The number of nitro groups is 1. The van der Waals surface area contributed by atoms with E-state index in [9.17, 15) is 10.1 Å². The molecule has 0 radical (unpaired) electrons. The van der Waals surface area contributed by atoms with Gasteiger partial charge in [-0.15, -0.1) is 11.3 Å². The van der Waals surface area contributed by atoms with Crippen molar-refractivity contribution < 1.29 is 4.92 Å². The van der Waals surface area contributed by atoms with Crippen molar-refractivity contribution in [1.82, 2.24) is 9.78 Å². The van der Waals surface area contributed by atoms with Crippen LogP contribution in [0, 0.1) is 17.0 Å². The van der Waals surface area contributed by atoms with E-state index in [4.69, 9.17) is 0 Å². The Hall–Kier alpha value is -1.89. The van der Waals surface area contributed by atoms with Gasteiger partial charge < -0.3 is 4.90 Å². The van der Waals surface area contributed by atoms with Gasteiger partial charge in [0, 0.05) is 25.0 Å². The standard InChI is InChI=1S/C12H14N4O2S/c1-8-11(16(17)18)12(14(2)13-8)15-5-3-10-9(7-15)4-6-19-10/h4,6H,3,5,7H2,1-2H3. The minimum Gasteiger partial charge on any atom is -0.346 e. The van der Waals surface area contributed by atoms with E-state index >= 15 is 0 Å². The number of nitrogens with zero attached hydrogens (tertiary/aromatic N) is 4. The smallest absolute Gasteiger partial charge is 0.333 e. The highest BCUT2D eigenvalue weighted by atomic mass is 32.1. The Bertz CT molecular complexity index is 646. The summed E-state index contributed by atoms with van der Waals surface area (Å²) >= 11 is 1.76. The van der Waals surface area contributed by atoms with E-state index < -0.39 is 0 Å². The molecule has 3 rings (SSSR count). The fourth-order valence-corrected chi connectivity index (χ4v) is 3.52. The van der Waals surface area contributed by atoms with Gasteiger partial charge in [0.25, 0.3) is 0 Å². The molecular formula is C12H14N4O2S. The van der Waals surface area contributed by atoms with Crippen LogP contribution in [0.4, 0.5) is 11.5 Å². The summed E-state index contributed by atoms with van der Waals surface area (Å²) in [6.07, 6.45) is 0.939. The van der Waals surface area contributed by atoms with Crippen molar-refractivity contribution in [2.45, 2.75) is 19.9 Å². The van der Waals surface area contributed by atoms with Gasteiger partial charge in [-0.25, -0.2) is 4.68 Å². The van der Waals surface area contributed by atoms with E-state index in [1.54, 1.807) is 30.0 Å². The second-order valence-corrected chi connectivity index (χ2v) is 5.68. The molecule has 0 saturated heterocycles. The second-order valence-electron chi connectivity index (χ2n) is 4.68. The van der Waals surface area contributed by atoms with E-state index in [0.717, 1.165) is 19.5 Å². The highest BCUT2D eigenvalue weighted by molar-refractivity contribution is 7.10. The molecule has 0 saturated carbocycles. The number of hydrogen-bond acceptors (Lipinski definition) is 5. The van der Waals surface area contributed by atoms with Crippen LogP contribution in [0.15, 0.2) is 11.4 Å². The highest BCUT2D eigenvalue weighted by Gasteiger charge is 2.30. The average molecular weight is 278 g/mol. The summed E-state index contributed by atoms with van der Waals surface area (Å²) in [5.41, 5.74) is 1.86. The van der Waals surface area contributed by atoms with E-state index in [1.807, 2.05) is 4.90 Å². The number of rotatable bonds is 2. The minimum absolute atomic E-state index is 0.126. The third-order valence-electron chi connectivity index (χ3n) is 3.45. The van der Waals surface area contributed by atoms with Gasteiger partial charge in [0.05, 0.1) is 4.92 Å². The van der Waals surface area contributed by atoms with Crippen LogP contribution >= 0.6 is 11.3 Å². The predicted molar refractivity (Wildman–Crippen MR) is 73.7 cm³/mol. The summed E-state index contributed by atoms with van der Waals surface area (Å²) in [7, 11) is 1.76. The normalized spacial score (nSPS) is 14.5. The number of aromatic nitrogens is 2. The molecule has 0 fully saturated rings. The van der Waals surface area contributed by atoms with Crippen LogP contribution in [0.3, 0.4) is 0 Å². The fraction of sp³-hybridized carbons (Fsp3) is 0.417. The Balaban J connectivity index is 2.02. The lowest BCUT2D eigenvalue weighted by Gasteiger charge is -2.27. The van der Waals surface area contributed by atoms with Crippen molar-refractivity contribution in [3.63, 3.8) is 0 Å². The highest BCUT2D eigenvalue weighted by Crippen LogP contribution is 2.34. The van der Waals surface area contributed by atoms with Crippen LogP contribution in [0.1, 0.15) is 16.1 Å². The maximum atomic E-state index is 11.2. The lowest BCUT2D eigenvalue weighted by Crippen LogP contribution is -2.31. The summed E-state index contributed by atoms with van der Waals surface area (Å²) in [5.74, 6) is 0.611. The molecule has 2 aromatic rings. The molecule has 0 aliphatic carbocycles. The first-order valence-electron chi connectivity index (χ1n) is 6.06. The zero-order valence-electron chi connectivity index (χ0n) is 10.8. The maximum Gasteiger partial charge on any atom is 0.333 e. The molecule has 1 aliphatic rings. The molecule has 0 N–H and O–H groups in total. The number of hydrogen-bond donors (Lipinski definition) is 0. The van der Waals surface area contributed by atoms with Gasteiger partial charge in [-0.1, -0.05) is 0 Å². The van der Waals surface area contributed by atoms with Gasteiger partial charge in [-0.05, 0) is 30.4 Å². The van der Waals surface area contributed by atoms with Crippen molar-refractivity contribution >= 4 is 22.8 Å². The third kappa shape index (κ3) is 1.90. The Labute approximate surface area is 114 Å². The summed E-state index contributed by atoms with van der Waals surface area (Å²) in [6.45, 7) is 3.20. The van der Waals surface area contributed by atoms with Crippen LogP contribution in [-0.4, -0.2) is 21.2 Å². The van der Waals surface area contributed by atoms with E-state index in [2.05, 4.69) is 16.5 Å². The summed E-state index contributed by atoms with van der Waals surface area (Å²) in [6, 6.07) is 2.10. The molecule has 0 atom stereocenters. The van der Waals surface area contributed by atoms with Crippen LogP contribution in [0.2, 0.25) is 0 Å². The molecular weight excluding hydrogens is 264 g/mol. The summed E-state index contributed by atoms with van der Waals surface area (Å²) < 4.78 is 1.62. The molecule has 1 aliphatic heterocycles. The summed E-state index contributed by atoms with van der Waals surface area (Å²) in [4.78, 5) is 14.3. The largest absolute Gasteiger partial charge is 0.346 e. The Morgan fingerprint density at radius 3 is 3.05 bits per heavy atom. The zero-order valence-corrected chi connectivity index (χ0v) is 11.6. The molecule has 0 unspecified atom stereocenters. The number of aryl methyl sites for hydroxylation is 2. The zero-order chi connectivity index (χ0) is 13.6. The van der Waals surface area contributed by atoms with Gasteiger partial charge in [-0.3, -0.25) is 10.1 Å². The molecule has 0 spiro atoms.